The van der Waals surface area contributed by atoms with Crippen molar-refractivity contribution in [2.45, 2.75) is 29.5 Å². The number of carbonyl (C=O) groups is 1. The summed E-state index contributed by atoms with van der Waals surface area (Å²) in [6.07, 6.45) is 0. The van der Waals surface area contributed by atoms with Crippen molar-refractivity contribution in [3.05, 3.63) is 48.3 Å². The summed E-state index contributed by atoms with van der Waals surface area (Å²) in [6.45, 7) is 3.59. The van der Waals surface area contributed by atoms with E-state index in [2.05, 4.69) is 0 Å². The minimum Gasteiger partial charge on any atom is -0.496 e. The summed E-state index contributed by atoms with van der Waals surface area (Å²) < 4.78 is 45.6. The molecule has 9 heteroatoms. The molecule has 3 rings (SSSR count). The number of aliphatic carboxylic acids is 1. The fraction of sp³-hybridized carbons (Fsp3) is 0.350. The Bertz CT molecular complexity index is 1020. The lowest BCUT2D eigenvalue weighted by atomic mass is 10.0. The molecule has 0 aromatic heterocycles. The summed E-state index contributed by atoms with van der Waals surface area (Å²) in [6, 6.07) is 8.85. The van der Waals surface area contributed by atoms with Crippen LogP contribution in [0.1, 0.15) is 13.8 Å². The molecule has 156 valence electrons. The Balaban J connectivity index is 1.99. The molecule has 0 saturated carbocycles. The Hall–Kier alpha value is -2.10. The van der Waals surface area contributed by atoms with Gasteiger partial charge in [-0.25, -0.2) is 12.8 Å². The van der Waals surface area contributed by atoms with Gasteiger partial charge in [-0.2, -0.15) is 16.1 Å². The van der Waals surface area contributed by atoms with Gasteiger partial charge in [0.05, 0.1) is 12.0 Å². The molecule has 0 amide bonds. The van der Waals surface area contributed by atoms with E-state index in [-0.39, 0.29) is 11.4 Å². The highest BCUT2D eigenvalue weighted by molar-refractivity contribution is 8.00. The standard InChI is InChI=1S/C20H22FNO5S2/c1-20(2)18(19(23)24)22(10-11-28-20)29(25,26)15-7-4-13(5-8-15)16-12-14(21)6-9-17(16)27-3/h4-9,12,18H,10-11H2,1-3H3,(H,23,24). The normalized spacial score (nSPS) is 19.7. The SMILES string of the molecule is COc1ccc(F)cc1-c1ccc(S(=O)(=O)N2CCSC(C)(C)C2C(=O)O)cc1. The van der Waals surface area contributed by atoms with Crippen molar-refractivity contribution in [3.8, 4) is 16.9 Å². The Kier molecular flexibility index (Phi) is 5.93. The van der Waals surface area contributed by atoms with Gasteiger partial charge < -0.3 is 9.84 Å². The molecule has 1 atom stereocenters. The van der Waals surface area contributed by atoms with Crippen molar-refractivity contribution in [1.29, 1.82) is 0 Å². The lowest BCUT2D eigenvalue weighted by Gasteiger charge is -2.42. The molecule has 1 aliphatic heterocycles. The Morgan fingerprint density at radius 3 is 2.48 bits per heavy atom. The van der Waals surface area contributed by atoms with E-state index in [9.17, 15) is 22.7 Å². The molecule has 0 spiro atoms. The first-order valence-electron chi connectivity index (χ1n) is 8.90. The third kappa shape index (κ3) is 4.12. The minimum absolute atomic E-state index is 0.00873. The summed E-state index contributed by atoms with van der Waals surface area (Å²) in [5, 5.41) is 9.66. The number of carboxylic acid groups (broad SMARTS) is 1. The predicted molar refractivity (Wildman–Crippen MR) is 110 cm³/mol. The highest BCUT2D eigenvalue weighted by atomic mass is 32.2. The van der Waals surface area contributed by atoms with Crippen LogP contribution in [0, 0.1) is 5.82 Å². The van der Waals surface area contributed by atoms with Crippen LogP contribution in [-0.2, 0) is 14.8 Å². The molecule has 1 unspecified atom stereocenters. The van der Waals surface area contributed by atoms with Gasteiger partial charge in [0.1, 0.15) is 17.6 Å². The van der Waals surface area contributed by atoms with E-state index in [1.807, 2.05) is 0 Å². The fourth-order valence-electron chi connectivity index (χ4n) is 3.48. The number of methoxy groups -OCH3 is 1. The van der Waals surface area contributed by atoms with Crippen LogP contribution in [0.4, 0.5) is 4.39 Å². The van der Waals surface area contributed by atoms with Gasteiger partial charge in [0.2, 0.25) is 10.0 Å². The molecule has 2 aromatic rings. The maximum atomic E-state index is 13.7. The van der Waals surface area contributed by atoms with Crippen LogP contribution in [0.15, 0.2) is 47.4 Å². The summed E-state index contributed by atoms with van der Waals surface area (Å²) in [5.74, 6) is -0.640. The zero-order valence-corrected chi connectivity index (χ0v) is 17.9. The van der Waals surface area contributed by atoms with Crippen molar-refractivity contribution >= 4 is 27.8 Å². The Morgan fingerprint density at radius 2 is 1.90 bits per heavy atom. The zero-order chi connectivity index (χ0) is 21.4. The van der Waals surface area contributed by atoms with E-state index >= 15 is 0 Å². The van der Waals surface area contributed by atoms with Gasteiger partial charge in [-0.15, -0.1) is 0 Å². The van der Waals surface area contributed by atoms with E-state index in [1.165, 1.54) is 49.2 Å². The summed E-state index contributed by atoms with van der Waals surface area (Å²) in [4.78, 5) is 11.8. The van der Waals surface area contributed by atoms with Crippen molar-refractivity contribution in [3.63, 3.8) is 0 Å². The summed E-state index contributed by atoms with van der Waals surface area (Å²) >= 11 is 1.44. The van der Waals surface area contributed by atoms with Gasteiger partial charge in [-0.05, 0) is 49.7 Å². The van der Waals surface area contributed by atoms with Crippen LogP contribution >= 0.6 is 11.8 Å². The molecule has 1 aliphatic rings. The van der Waals surface area contributed by atoms with E-state index in [0.29, 0.717) is 22.6 Å². The molecule has 1 heterocycles. The molecule has 2 aromatic carbocycles. The number of thioether (sulfide) groups is 1. The predicted octanol–water partition coefficient (Wildman–Crippen LogP) is 3.47. The van der Waals surface area contributed by atoms with Crippen LogP contribution in [0.3, 0.4) is 0 Å². The van der Waals surface area contributed by atoms with Crippen molar-refractivity contribution < 1.29 is 27.4 Å². The van der Waals surface area contributed by atoms with Crippen molar-refractivity contribution in [1.82, 2.24) is 4.31 Å². The van der Waals surface area contributed by atoms with Crippen molar-refractivity contribution in [2.75, 3.05) is 19.4 Å². The van der Waals surface area contributed by atoms with Crippen LogP contribution < -0.4 is 4.74 Å². The lowest BCUT2D eigenvalue weighted by molar-refractivity contribution is -0.142. The van der Waals surface area contributed by atoms with Gasteiger partial charge in [-0.1, -0.05) is 12.1 Å². The number of sulfonamides is 1. The second-order valence-corrected chi connectivity index (χ2v) is 10.8. The van der Waals surface area contributed by atoms with Gasteiger partial charge in [0, 0.05) is 22.6 Å². The number of benzene rings is 2. The first-order valence-corrected chi connectivity index (χ1v) is 11.3. The molecule has 1 saturated heterocycles. The molecule has 0 aliphatic carbocycles. The van der Waals surface area contributed by atoms with Gasteiger partial charge >= 0.3 is 5.97 Å². The zero-order valence-electron chi connectivity index (χ0n) is 16.3. The van der Waals surface area contributed by atoms with E-state index in [4.69, 9.17) is 4.74 Å². The molecule has 1 N–H and O–H groups in total. The van der Waals surface area contributed by atoms with Crippen LogP contribution in [0.25, 0.3) is 11.1 Å². The Morgan fingerprint density at radius 1 is 1.24 bits per heavy atom. The maximum Gasteiger partial charge on any atom is 0.323 e. The number of hydrogen-bond acceptors (Lipinski definition) is 5. The highest BCUT2D eigenvalue weighted by Crippen LogP contribution is 2.39. The average molecular weight is 440 g/mol. The molecule has 29 heavy (non-hydrogen) atoms. The first-order chi connectivity index (χ1) is 13.6. The van der Waals surface area contributed by atoms with Gasteiger partial charge in [0.25, 0.3) is 0 Å². The number of rotatable bonds is 5. The number of nitrogens with zero attached hydrogens (tertiary/aromatic N) is 1. The molecule has 6 nitrogen and oxygen atoms in total. The van der Waals surface area contributed by atoms with E-state index < -0.39 is 32.6 Å². The number of ether oxygens (including phenoxy) is 1. The third-order valence-electron chi connectivity index (χ3n) is 4.90. The van der Waals surface area contributed by atoms with Crippen LogP contribution in [0.5, 0.6) is 5.75 Å². The third-order valence-corrected chi connectivity index (χ3v) is 8.13. The smallest absolute Gasteiger partial charge is 0.323 e. The molecule has 0 radical (unpaired) electrons. The lowest BCUT2D eigenvalue weighted by Crippen LogP contribution is -2.58. The monoisotopic (exact) mass is 439 g/mol. The quantitative estimate of drug-likeness (QED) is 0.768. The maximum absolute atomic E-state index is 13.7. The Labute approximate surface area is 173 Å². The largest absolute Gasteiger partial charge is 0.496 e. The highest BCUT2D eigenvalue weighted by Gasteiger charge is 2.48. The summed E-state index contributed by atoms with van der Waals surface area (Å²) in [7, 11) is -2.55. The minimum atomic E-state index is -4.02. The van der Waals surface area contributed by atoms with Crippen molar-refractivity contribution in [2.24, 2.45) is 0 Å². The number of carboxylic acids is 1. The van der Waals surface area contributed by atoms with E-state index in [0.717, 1.165) is 4.31 Å². The van der Waals surface area contributed by atoms with E-state index in [1.54, 1.807) is 26.0 Å². The van der Waals surface area contributed by atoms with Crippen LogP contribution in [-0.4, -0.2) is 54.0 Å². The molecule has 0 bridgehead atoms. The second-order valence-electron chi connectivity index (χ2n) is 7.18. The topological polar surface area (TPSA) is 83.9 Å². The van der Waals surface area contributed by atoms with Gasteiger partial charge in [0.15, 0.2) is 0 Å². The molecule has 1 fully saturated rings. The summed E-state index contributed by atoms with van der Waals surface area (Å²) in [5.41, 5.74) is 1.08. The molecular formula is C20H22FNO5S2. The van der Waals surface area contributed by atoms with Crippen LogP contribution in [0.2, 0.25) is 0 Å². The van der Waals surface area contributed by atoms with Gasteiger partial charge in [-0.3, -0.25) is 4.79 Å². The molecular weight excluding hydrogens is 417 g/mol. The first kappa shape index (κ1) is 21.6. The number of halogens is 1. The average Bonchev–Trinajstić information content (AvgIpc) is 2.66. The second kappa shape index (κ2) is 7.97. The fourth-order valence-corrected chi connectivity index (χ4v) is 6.58. The number of hydrogen-bond donors (Lipinski definition) is 1.